The summed E-state index contributed by atoms with van der Waals surface area (Å²) in [7, 11) is 0. The average molecular weight is 225 g/mol. The Morgan fingerprint density at radius 3 is 1.81 bits per heavy atom. The SMILES string of the molecule is C1OC1C[C](CC1CO1)C1(CC2CO2)CO1. The lowest BCUT2D eigenvalue weighted by molar-refractivity contribution is 0.241. The van der Waals surface area contributed by atoms with Crippen molar-refractivity contribution < 1.29 is 18.9 Å². The van der Waals surface area contributed by atoms with Crippen LogP contribution in [0.5, 0.6) is 0 Å². The molecule has 16 heavy (non-hydrogen) atoms. The Balaban J connectivity index is 1.41. The molecule has 4 rings (SSSR count). The fourth-order valence-electron chi connectivity index (χ4n) is 2.48. The van der Waals surface area contributed by atoms with E-state index in [1.165, 1.54) is 5.92 Å². The van der Waals surface area contributed by atoms with E-state index in [4.69, 9.17) is 18.9 Å². The molecule has 4 nitrogen and oxygen atoms in total. The Labute approximate surface area is 95.2 Å². The lowest BCUT2D eigenvalue weighted by atomic mass is 9.82. The first-order chi connectivity index (χ1) is 7.84. The quantitative estimate of drug-likeness (QED) is 0.598. The Kier molecular flexibility index (Phi) is 2.10. The van der Waals surface area contributed by atoms with Gasteiger partial charge in [0.2, 0.25) is 0 Å². The standard InChI is InChI=1S/C12H17O4/c1(9-4-13-9)8(2-10-5-14-10)12(7-16-12)3-11-6-15-11/h9-11H,1-7H2. The summed E-state index contributed by atoms with van der Waals surface area (Å²) < 4.78 is 21.7. The molecule has 4 unspecified atom stereocenters. The van der Waals surface area contributed by atoms with Crippen molar-refractivity contribution in [1.82, 2.24) is 0 Å². The largest absolute Gasteiger partial charge is 0.373 e. The zero-order chi connectivity index (χ0) is 10.6. The minimum absolute atomic E-state index is 0.0269. The van der Waals surface area contributed by atoms with Crippen LogP contribution >= 0.6 is 0 Å². The monoisotopic (exact) mass is 225 g/mol. The van der Waals surface area contributed by atoms with Gasteiger partial charge < -0.3 is 18.9 Å². The lowest BCUT2D eigenvalue weighted by Gasteiger charge is -2.21. The number of epoxide rings is 4. The number of hydrogen-bond acceptors (Lipinski definition) is 4. The van der Waals surface area contributed by atoms with Gasteiger partial charge in [-0.25, -0.2) is 0 Å². The lowest BCUT2D eigenvalue weighted by Crippen LogP contribution is -2.27. The van der Waals surface area contributed by atoms with Gasteiger partial charge in [0, 0.05) is 12.3 Å². The summed E-state index contributed by atoms with van der Waals surface area (Å²) in [4.78, 5) is 0. The van der Waals surface area contributed by atoms with Gasteiger partial charge in [-0.2, -0.15) is 0 Å². The van der Waals surface area contributed by atoms with Crippen molar-refractivity contribution in [3.05, 3.63) is 5.92 Å². The molecule has 0 aromatic heterocycles. The Morgan fingerprint density at radius 2 is 1.44 bits per heavy atom. The molecule has 0 aliphatic carbocycles. The molecular weight excluding hydrogens is 208 g/mol. The van der Waals surface area contributed by atoms with Crippen molar-refractivity contribution in [3.8, 4) is 0 Å². The van der Waals surface area contributed by atoms with E-state index in [9.17, 15) is 0 Å². The van der Waals surface area contributed by atoms with Crippen molar-refractivity contribution in [3.63, 3.8) is 0 Å². The second kappa shape index (κ2) is 3.42. The molecule has 4 heteroatoms. The Bertz CT molecular complexity index is 263. The molecule has 0 amide bonds. The number of rotatable bonds is 7. The van der Waals surface area contributed by atoms with Crippen LogP contribution in [-0.4, -0.2) is 50.3 Å². The second-order valence-electron chi connectivity index (χ2n) is 5.36. The summed E-state index contributed by atoms with van der Waals surface area (Å²) in [5, 5.41) is 0. The van der Waals surface area contributed by atoms with Crippen LogP contribution in [-0.2, 0) is 18.9 Å². The highest BCUT2D eigenvalue weighted by Gasteiger charge is 2.56. The van der Waals surface area contributed by atoms with Gasteiger partial charge in [-0.3, -0.25) is 0 Å². The van der Waals surface area contributed by atoms with Gasteiger partial charge in [0.15, 0.2) is 0 Å². The third-order valence-corrected chi connectivity index (χ3v) is 3.85. The van der Waals surface area contributed by atoms with Gasteiger partial charge >= 0.3 is 0 Å². The van der Waals surface area contributed by atoms with E-state index in [2.05, 4.69) is 0 Å². The van der Waals surface area contributed by atoms with Crippen molar-refractivity contribution in [2.45, 2.75) is 43.2 Å². The third kappa shape index (κ3) is 2.12. The minimum atomic E-state index is 0.0269. The highest BCUT2D eigenvalue weighted by atomic mass is 16.6. The fourth-order valence-corrected chi connectivity index (χ4v) is 2.48. The summed E-state index contributed by atoms with van der Waals surface area (Å²) >= 11 is 0. The second-order valence-corrected chi connectivity index (χ2v) is 5.36. The summed E-state index contributed by atoms with van der Waals surface area (Å²) in [6, 6.07) is 0. The van der Waals surface area contributed by atoms with E-state index in [0.29, 0.717) is 18.3 Å². The zero-order valence-corrected chi connectivity index (χ0v) is 9.31. The first kappa shape index (κ1) is 9.83. The van der Waals surface area contributed by atoms with Gasteiger partial charge in [-0.05, 0) is 12.8 Å². The average Bonchev–Trinajstić information content (AvgIpc) is 3.06. The summed E-state index contributed by atoms with van der Waals surface area (Å²) in [6.45, 7) is 3.63. The summed E-state index contributed by atoms with van der Waals surface area (Å²) in [5.41, 5.74) is 0.0269. The molecule has 89 valence electrons. The van der Waals surface area contributed by atoms with Crippen molar-refractivity contribution >= 4 is 0 Å². The number of hydrogen-bond donors (Lipinski definition) is 0. The van der Waals surface area contributed by atoms with Gasteiger partial charge in [0.25, 0.3) is 0 Å². The van der Waals surface area contributed by atoms with Crippen molar-refractivity contribution in [2.24, 2.45) is 0 Å². The summed E-state index contributed by atoms with van der Waals surface area (Å²) in [6.07, 6.45) is 4.52. The van der Waals surface area contributed by atoms with Gasteiger partial charge in [0.1, 0.15) is 5.60 Å². The normalized spacial score (nSPS) is 48.2. The van der Waals surface area contributed by atoms with Crippen LogP contribution in [0, 0.1) is 5.92 Å². The Morgan fingerprint density at radius 1 is 0.938 bits per heavy atom. The maximum atomic E-state index is 5.74. The van der Waals surface area contributed by atoms with E-state index in [1.807, 2.05) is 0 Å². The van der Waals surface area contributed by atoms with Crippen LogP contribution < -0.4 is 0 Å². The van der Waals surface area contributed by atoms with Gasteiger partial charge in [0.05, 0.1) is 44.7 Å². The van der Waals surface area contributed by atoms with Crippen LogP contribution in [0.15, 0.2) is 0 Å². The molecule has 0 bridgehead atoms. The molecule has 4 fully saturated rings. The van der Waals surface area contributed by atoms with E-state index >= 15 is 0 Å². The molecule has 4 heterocycles. The molecule has 0 aromatic rings. The van der Waals surface area contributed by atoms with Crippen LogP contribution in [0.2, 0.25) is 0 Å². The van der Waals surface area contributed by atoms with E-state index in [1.54, 1.807) is 0 Å². The molecule has 4 aliphatic rings. The summed E-state index contributed by atoms with van der Waals surface area (Å²) in [5.74, 6) is 1.51. The topological polar surface area (TPSA) is 50.1 Å². The van der Waals surface area contributed by atoms with Crippen LogP contribution in [0.25, 0.3) is 0 Å². The van der Waals surface area contributed by atoms with Crippen molar-refractivity contribution in [2.75, 3.05) is 26.4 Å². The van der Waals surface area contributed by atoms with E-state index in [-0.39, 0.29) is 5.60 Å². The minimum Gasteiger partial charge on any atom is -0.373 e. The van der Waals surface area contributed by atoms with Gasteiger partial charge in [-0.1, -0.05) is 0 Å². The molecule has 4 aliphatic heterocycles. The molecule has 0 N–H and O–H groups in total. The van der Waals surface area contributed by atoms with Gasteiger partial charge in [-0.15, -0.1) is 0 Å². The predicted molar refractivity (Wildman–Crippen MR) is 55.0 cm³/mol. The van der Waals surface area contributed by atoms with Crippen LogP contribution in [0.1, 0.15) is 19.3 Å². The van der Waals surface area contributed by atoms with E-state index < -0.39 is 0 Å². The first-order valence-corrected chi connectivity index (χ1v) is 6.18. The number of ether oxygens (including phenoxy) is 4. The first-order valence-electron chi connectivity index (χ1n) is 6.18. The molecule has 0 aromatic carbocycles. The van der Waals surface area contributed by atoms with Crippen LogP contribution in [0.4, 0.5) is 0 Å². The Hall–Kier alpha value is -0.160. The predicted octanol–water partition coefficient (Wildman–Crippen LogP) is 0.697. The smallest absolute Gasteiger partial charge is 0.101 e. The van der Waals surface area contributed by atoms with Crippen molar-refractivity contribution in [1.29, 1.82) is 0 Å². The third-order valence-electron chi connectivity index (χ3n) is 3.85. The highest BCUT2D eigenvalue weighted by molar-refractivity contribution is 5.20. The molecule has 4 saturated heterocycles. The molecule has 0 spiro atoms. The molecular formula is C12H17O4. The fraction of sp³-hybridized carbons (Fsp3) is 0.917. The highest BCUT2D eigenvalue weighted by Crippen LogP contribution is 2.49. The van der Waals surface area contributed by atoms with E-state index in [0.717, 1.165) is 45.7 Å². The maximum absolute atomic E-state index is 5.74. The van der Waals surface area contributed by atoms with Crippen LogP contribution in [0.3, 0.4) is 0 Å². The molecule has 1 radical (unpaired) electrons. The zero-order valence-electron chi connectivity index (χ0n) is 9.31. The molecule has 0 saturated carbocycles. The maximum Gasteiger partial charge on any atom is 0.101 e. The molecule has 4 atom stereocenters.